The first kappa shape index (κ1) is 11.6. The standard InChI is InChI=1S/C17H11N5/c1-2-7-14-12(5-1)13-6-3-4-8-17(13,21-14)22-11-20-16-15(22)9-18-10-19-16/h1-11H. The van der Waals surface area contributed by atoms with Gasteiger partial charge in [0.2, 0.25) is 0 Å². The maximum atomic E-state index is 4.99. The van der Waals surface area contributed by atoms with Crippen molar-refractivity contribution in [3.63, 3.8) is 0 Å². The second-order valence-corrected chi connectivity index (χ2v) is 5.33. The minimum Gasteiger partial charge on any atom is -0.294 e. The molecule has 0 amide bonds. The fourth-order valence-corrected chi connectivity index (χ4v) is 3.22. The maximum Gasteiger partial charge on any atom is 0.183 e. The van der Waals surface area contributed by atoms with Crippen LogP contribution in [0.25, 0.3) is 16.7 Å². The van der Waals surface area contributed by atoms with Gasteiger partial charge in [-0.25, -0.2) is 19.9 Å². The zero-order valence-electron chi connectivity index (χ0n) is 11.6. The zero-order valence-corrected chi connectivity index (χ0v) is 11.6. The highest BCUT2D eigenvalue weighted by Crippen LogP contribution is 2.36. The van der Waals surface area contributed by atoms with Gasteiger partial charge in [0.15, 0.2) is 11.3 Å². The Balaban J connectivity index is 1.93. The van der Waals surface area contributed by atoms with Gasteiger partial charge >= 0.3 is 0 Å². The van der Waals surface area contributed by atoms with E-state index in [0.717, 1.165) is 21.7 Å². The lowest BCUT2D eigenvalue weighted by atomic mass is 9.94. The van der Waals surface area contributed by atoms with Crippen molar-refractivity contribution < 1.29 is 0 Å². The number of hydrogen-bond acceptors (Lipinski definition) is 4. The molecule has 0 radical (unpaired) electrons. The summed E-state index contributed by atoms with van der Waals surface area (Å²) in [6.07, 6.45) is 13.4. The van der Waals surface area contributed by atoms with Gasteiger partial charge in [0.25, 0.3) is 0 Å². The van der Waals surface area contributed by atoms with E-state index in [1.807, 2.05) is 34.9 Å². The molecule has 5 heteroatoms. The Bertz CT molecular complexity index is 1090. The Morgan fingerprint density at radius 3 is 3.00 bits per heavy atom. The van der Waals surface area contributed by atoms with E-state index in [-0.39, 0.29) is 0 Å². The molecule has 0 N–H and O–H groups in total. The van der Waals surface area contributed by atoms with Crippen molar-refractivity contribution >= 4 is 16.7 Å². The molecule has 1 aliphatic carbocycles. The molecule has 2 aromatic heterocycles. The first-order valence-electron chi connectivity index (χ1n) is 7.08. The molecule has 22 heavy (non-hydrogen) atoms. The molecule has 1 aromatic carbocycles. The third-order valence-corrected chi connectivity index (χ3v) is 4.18. The van der Waals surface area contributed by atoms with Gasteiger partial charge in [0.05, 0.1) is 11.6 Å². The molecule has 0 bridgehead atoms. The van der Waals surface area contributed by atoms with Crippen LogP contribution in [0.2, 0.25) is 0 Å². The number of para-hydroxylation sites is 1. The van der Waals surface area contributed by atoms with Gasteiger partial charge in [-0.2, -0.15) is 0 Å². The fourth-order valence-electron chi connectivity index (χ4n) is 3.22. The summed E-state index contributed by atoms with van der Waals surface area (Å²) >= 11 is 0. The summed E-state index contributed by atoms with van der Waals surface area (Å²) in [6, 6.07) is 8.20. The smallest absolute Gasteiger partial charge is 0.183 e. The van der Waals surface area contributed by atoms with Crippen molar-refractivity contribution in [3.8, 4) is 0 Å². The minimum atomic E-state index is -0.599. The third kappa shape index (κ3) is 1.32. The Morgan fingerprint density at radius 1 is 1.05 bits per heavy atom. The molecule has 1 atom stereocenters. The molecular weight excluding hydrogens is 274 g/mol. The van der Waals surface area contributed by atoms with Crippen LogP contribution in [0.15, 0.2) is 72.4 Å². The summed E-state index contributed by atoms with van der Waals surface area (Å²) in [5, 5.41) is 2.15. The van der Waals surface area contributed by atoms with E-state index in [0.29, 0.717) is 5.65 Å². The summed E-state index contributed by atoms with van der Waals surface area (Å²) in [5.41, 5.74) is 2.10. The summed E-state index contributed by atoms with van der Waals surface area (Å²) in [6.45, 7) is 0. The number of nitrogens with zero attached hydrogens (tertiary/aromatic N) is 5. The van der Waals surface area contributed by atoms with Gasteiger partial charge in [-0.3, -0.25) is 4.57 Å². The third-order valence-electron chi connectivity index (χ3n) is 4.18. The Kier molecular flexibility index (Phi) is 2.09. The first-order chi connectivity index (χ1) is 10.9. The first-order valence-corrected chi connectivity index (χ1v) is 7.08. The molecular formula is C17H11N5. The molecule has 1 unspecified atom stereocenters. The van der Waals surface area contributed by atoms with E-state index in [4.69, 9.17) is 4.99 Å². The summed E-state index contributed by atoms with van der Waals surface area (Å²) in [4.78, 5) is 17.7. The number of imidazole rings is 1. The van der Waals surface area contributed by atoms with Gasteiger partial charge in [-0.1, -0.05) is 36.4 Å². The van der Waals surface area contributed by atoms with Gasteiger partial charge in [0.1, 0.15) is 18.2 Å². The predicted octanol–water partition coefficient (Wildman–Crippen LogP) is 1.09. The van der Waals surface area contributed by atoms with E-state index >= 15 is 0 Å². The largest absolute Gasteiger partial charge is 0.294 e. The molecule has 0 saturated carbocycles. The monoisotopic (exact) mass is 285 g/mol. The molecule has 5 rings (SSSR count). The van der Waals surface area contributed by atoms with Crippen LogP contribution in [0.5, 0.6) is 0 Å². The van der Waals surface area contributed by atoms with Gasteiger partial charge in [-0.05, 0) is 12.1 Å². The van der Waals surface area contributed by atoms with E-state index in [1.165, 1.54) is 6.33 Å². The molecule has 0 fully saturated rings. The molecule has 3 aromatic rings. The van der Waals surface area contributed by atoms with Crippen LogP contribution >= 0.6 is 0 Å². The summed E-state index contributed by atoms with van der Waals surface area (Å²) in [5.74, 6) is 0. The quantitative estimate of drug-likeness (QED) is 0.672. The van der Waals surface area contributed by atoms with E-state index in [9.17, 15) is 0 Å². The van der Waals surface area contributed by atoms with E-state index < -0.39 is 5.66 Å². The van der Waals surface area contributed by atoms with Gasteiger partial charge in [-0.15, -0.1) is 0 Å². The van der Waals surface area contributed by atoms with Crippen LogP contribution in [0.3, 0.4) is 0 Å². The Labute approximate surface area is 125 Å². The second kappa shape index (κ2) is 3.98. The van der Waals surface area contributed by atoms with Crippen LogP contribution in [-0.4, -0.2) is 19.5 Å². The SMILES string of the molecule is C1=CC2=c3ccccc3=NC2(n2cnc3ncncc32)C=C1. The van der Waals surface area contributed by atoms with Gasteiger partial charge < -0.3 is 0 Å². The highest BCUT2D eigenvalue weighted by molar-refractivity contribution is 5.76. The topological polar surface area (TPSA) is 56.0 Å². The second-order valence-electron chi connectivity index (χ2n) is 5.33. The molecule has 0 saturated heterocycles. The fraction of sp³-hybridized carbons (Fsp3) is 0.0588. The molecule has 104 valence electrons. The van der Waals surface area contributed by atoms with Crippen molar-refractivity contribution in [3.05, 3.63) is 78.0 Å². The average Bonchev–Trinajstić information content (AvgIpc) is 3.14. The molecule has 3 heterocycles. The van der Waals surface area contributed by atoms with Crippen molar-refractivity contribution in [2.24, 2.45) is 4.99 Å². The number of fused-ring (bicyclic) bond motifs is 3. The van der Waals surface area contributed by atoms with Crippen LogP contribution in [0, 0.1) is 0 Å². The highest BCUT2D eigenvalue weighted by atomic mass is 15.2. The predicted molar refractivity (Wildman–Crippen MR) is 82.2 cm³/mol. The molecule has 5 nitrogen and oxygen atoms in total. The lowest BCUT2D eigenvalue weighted by Gasteiger charge is -2.29. The van der Waals surface area contributed by atoms with Crippen molar-refractivity contribution in [2.75, 3.05) is 0 Å². The molecule has 1 aliphatic heterocycles. The Hall–Kier alpha value is -3.08. The van der Waals surface area contributed by atoms with Gasteiger partial charge in [0, 0.05) is 10.8 Å². The molecule has 2 aliphatic rings. The minimum absolute atomic E-state index is 0.599. The number of hydrogen-bond donors (Lipinski definition) is 0. The van der Waals surface area contributed by atoms with Crippen LogP contribution in [-0.2, 0) is 5.66 Å². The summed E-state index contributed by atoms with van der Waals surface area (Å²) < 4.78 is 2.04. The van der Waals surface area contributed by atoms with Crippen LogP contribution in [0.1, 0.15) is 0 Å². The highest BCUT2D eigenvalue weighted by Gasteiger charge is 2.37. The summed E-state index contributed by atoms with van der Waals surface area (Å²) in [7, 11) is 0. The van der Waals surface area contributed by atoms with E-state index in [2.05, 4.69) is 33.2 Å². The number of allylic oxidation sites excluding steroid dienone is 2. The van der Waals surface area contributed by atoms with Crippen molar-refractivity contribution in [1.82, 2.24) is 19.5 Å². The number of rotatable bonds is 1. The van der Waals surface area contributed by atoms with Crippen molar-refractivity contribution in [2.45, 2.75) is 5.66 Å². The molecule has 0 spiro atoms. The van der Waals surface area contributed by atoms with Crippen molar-refractivity contribution in [1.29, 1.82) is 0 Å². The maximum absolute atomic E-state index is 4.99. The number of aromatic nitrogens is 4. The van der Waals surface area contributed by atoms with Crippen LogP contribution in [0.4, 0.5) is 0 Å². The average molecular weight is 285 g/mol. The number of benzene rings is 1. The lowest BCUT2D eigenvalue weighted by molar-refractivity contribution is 0.517. The Morgan fingerprint density at radius 2 is 2.00 bits per heavy atom. The van der Waals surface area contributed by atoms with E-state index in [1.54, 1.807) is 12.5 Å². The van der Waals surface area contributed by atoms with Crippen LogP contribution < -0.4 is 10.6 Å². The normalized spacial score (nSPS) is 21.7. The lowest BCUT2D eigenvalue weighted by Crippen LogP contribution is -2.30. The zero-order chi connectivity index (χ0) is 14.6.